The SMILES string of the molecule is Cc1c(NCc2cc(F)c(F)cc2F)cccc1C(=O)NCCO. The third kappa shape index (κ3) is 4.05. The van der Waals surface area contributed by atoms with Crippen LogP contribution in [-0.4, -0.2) is 24.2 Å². The summed E-state index contributed by atoms with van der Waals surface area (Å²) >= 11 is 0. The van der Waals surface area contributed by atoms with Crippen LogP contribution in [0, 0.1) is 24.4 Å². The van der Waals surface area contributed by atoms with Gasteiger partial charge in [-0.25, -0.2) is 13.2 Å². The third-order valence-electron chi connectivity index (χ3n) is 3.53. The van der Waals surface area contributed by atoms with Crippen LogP contribution in [0.5, 0.6) is 0 Å². The van der Waals surface area contributed by atoms with Crippen molar-refractivity contribution in [1.29, 1.82) is 0 Å². The highest BCUT2D eigenvalue weighted by atomic mass is 19.2. The molecule has 0 unspecified atom stereocenters. The Labute approximate surface area is 137 Å². The Morgan fingerprint density at radius 1 is 1.12 bits per heavy atom. The zero-order valence-corrected chi connectivity index (χ0v) is 13.0. The second-order valence-electron chi connectivity index (χ2n) is 5.17. The predicted molar refractivity (Wildman–Crippen MR) is 84.2 cm³/mol. The molecule has 1 amide bonds. The maximum Gasteiger partial charge on any atom is 0.251 e. The number of anilines is 1. The number of hydrogen-bond donors (Lipinski definition) is 3. The number of carbonyl (C=O) groups is 1. The van der Waals surface area contributed by atoms with E-state index in [1.54, 1.807) is 25.1 Å². The van der Waals surface area contributed by atoms with Crippen molar-refractivity contribution in [2.45, 2.75) is 13.5 Å². The molecule has 0 aliphatic rings. The average Bonchev–Trinajstić information content (AvgIpc) is 2.55. The molecule has 24 heavy (non-hydrogen) atoms. The van der Waals surface area contributed by atoms with Crippen LogP contribution < -0.4 is 10.6 Å². The minimum Gasteiger partial charge on any atom is -0.395 e. The Morgan fingerprint density at radius 2 is 1.83 bits per heavy atom. The molecule has 128 valence electrons. The van der Waals surface area contributed by atoms with Gasteiger partial charge in [0, 0.05) is 36.0 Å². The first-order valence-corrected chi connectivity index (χ1v) is 7.30. The lowest BCUT2D eigenvalue weighted by Gasteiger charge is -2.14. The number of rotatable bonds is 6. The summed E-state index contributed by atoms with van der Waals surface area (Å²) in [5, 5.41) is 14.2. The van der Waals surface area contributed by atoms with E-state index in [2.05, 4.69) is 10.6 Å². The van der Waals surface area contributed by atoms with Crippen molar-refractivity contribution in [1.82, 2.24) is 5.32 Å². The van der Waals surface area contributed by atoms with Gasteiger partial charge in [-0.3, -0.25) is 4.79 Å². The van der Waals surface area contributed by atoms with E-state index in [9.17, 15) is 18.0 Å². The molecule has 2 aromatic carbocycles. The second-order valence-corrected chi connectivity index (χ2v) is 5.17. The summed E-state index contributed by atoms with van der Waals surface area (Å²) in [7, 11) is 0. The number of nitrogens with one attached hydrogen (secondary N) is 2. The van der Waals surface area contributed by atoms with Crippen LogP contribution in [0.4, 0.5) is 18.9 Å². The number of benzene rings is 2. The maximum atomic E-state index is 13.6. The van der Waals surface area contributed by atoms with Crippen molar-refractivity contribution in [3.63, 3.8) is 0 Å². The molecule has 2 rings (SSSR count). The fraction of sp³-hybridized carbons (Fsp3) is 0.235. The fourth-order valence-electron chi connectivity index (χ4n) is 2.23. The second kappa shape index (κ2) is 7.83. The average molecular weight is 338 g/mol. The van der Waals surface area contributed by atoms with Crippen molar-refractivity contribution in [2.75, 3.05) is 18.5 Å². The van der Waals surface area contributed by atoms with Gasteiger partial charge in [0.25, 0.3) is 5.91 Å². The summed E-state index contributed by atoms with van der Waals surface area (Å²) in [5.41, 5.74) is 1.56. The van der Waals surface area contributed by atoms with Crippen LogP contribution in [0.25, 0.3) is 0 Å². The molecule has 0 saturated heterocycles. The highest BCUT2D eigenvalue weighted by Crippen LogP contribution is 2.21. The lowest BCUT2D eigenvalue weighted by molar-refractivity contribution is 0.0944. The Kier molecular flexibility index (Phi) is 5.81. The topological polar surface area (TPSA) is 61.4 Å². The van der Waals surface area contributed by atoms with Gasteiger partial charge in [-0.2, -0.15) is 0 Å². The smallest absolute Gasteiger partial charge is 0.251 e. The zero-order chi connectivity index (χ0) is 17.7. The van der Waals surface area contributed by atoms with Crippen LogP contribution in [0.1, 0.15) is 21.5 Å². The molecule has 0 aliphatic carbocycles. The minimum atomic E-state index is -1.24. The molecule has 0 bridgehead atoms. The van der Waals surface area contributed by atoms with Crippen LogP contribution in [0.3, 0.4) is 0 Å². The molecule has 3 N–H and O–H groups in total. The Hall–Kier alpha value is -2.54. The van der Waals surface area contributed by atoms with E-state index in [4.69, 9.17) is 5.11 Å². The first-order chi connectivity index (χ1) is 11.4. The largest absolute Gasteiger partial charge is 0.395 e. The van der Waals surface area contributed by atoms with Crippen LogP contribution in [-0.2, 0) is 6.54 Å². The Morgan fingerprint density at radius 3 is 2.54 bits per heavy atom. The number of halogens is 3. The quantitative estimate of drug-likeness (QED) is 0.710. The van der Waals surface area contributed by atoms with Gasteiger partial charge in [0.05, 0.1) is 6.61 Å². The van der Waals surface area contributed by atoms with Gasteiger partial charge in [-0.05, 0) is 30.7 Å². The lowest BCUT2D eigenvalue weighted by atomic mass is 10.1. The van der Waals surface area contributed by atoms with E-state index in [0.29, 0.717) is 22.9 Å². The molecule has 0 atom stereocenters. The number of aliphatic hydroxyl groups excluding tert-OH is 1. The molecule has 0 radical (unpaired) electrons. The fourth-order valence-corrected chi connectivity index (χ4v) is 2.23. The van der Waals surface area contributed by atoms with E-state index >= 15 is 0 Å². The predicted octanol–water partition coefficient (Wildman–Crippen LogP) is 2.75. The first kappa shape index (κ1) is 17.8. The molecular weight excluding hydrogens is 321 g/mol. The first-order valence-electron chi connectivity index (χ1n) is 7.30. The summed E-state index contributed by atoms with van der Waals surface area (Å²) in [6, 6.07) is 6.24. The maximum absolute atomic E-state index is 13.6. The van der Waals surface area contributed by atoms with Gasteiger partial charge >= 0.3 is 0 Å². The van der Waals surface area contributed by atoms with Crippen molar-refractivity contribution >= 4 is 11.6 Å². The van der Waals surface area contributed by atoms with E-state index in [1.165, 1.54) is 0 Å². The van der Waals surface area contributed by atoms with E-state index in [1.807, 2.05) is 0 Å². The van der Waals surface area contributed by atoms with Crippen molar-refractivity contribution in [3.05, 3.63) is 64.5 Å². The van der Waals surface area contributed by atoms with Crippen molar-refractivity contribution in [3.8, 4) is 0 Å². The summed E-state index contributed by atoms with van der Waals surface area (Å²) in [5.74, 6) is -3.56. The Bertz CT molecular complexity index is 751. The highest BCUT2D eigenvalue weighted by molar-refractivity contribution is 5.97. The van der Waals surface area contributed by atoms with E-state index < -0.39 is 17.5 Å². The zero-order valence-electron chi connectivity index (χ0n) is 13.0. The van der Waals surface area contributed by atoms with Crippen LogP contribution >= 0.6 is 0 Å². The molecule has 0 spiro atoms. The van der Waals surface area contributed by atoms with Crippen molar-refractivity contribution in [2.24, 2.45) is 0 Å². The van der Waals surface area contributed by atoms with Crippen molar-refractivity contribution < 1.29 is 23.1 Å². The normalized spacial score (nSPS) is 10.5. The van der Waals surface area contributed by atoms with Crippen LogP contribution in [0.15, 0.2) is 30.3 Å². The monoisotopic (exact) mass is 338 g/mol. The van der Waals surface area contributed by atoms with E-state index in [-0.39, 0.29) is 31.2 Å². The minimum absolute atomic E-state index is 0.0246. The van der Waals surface area contributed by atoms with E-state index in [0.717, 1.165) is 6.07 Å². The van der Waals surface area contributed by atoms with Gasteiger partial charge in [-0.1, -0.05) is 6.07 Å². The molecule has 7 heteroatoms. The molecule has 0 heterocycles. The van der Waals surface area contributed by atoms with Crippen LogP contribution in [0.2, 0.25) is 0 Å². The molecule has 0 aromatic heterocycles. The summed E-state index contributed by atoms with van der Waals surface area (Å²) < 4.78 is 39.8. The number of hydrogen-bond acceptors (Lipinski definition) is 3. The molecule has 0 saturated carbocycles. The molecule has 2 aromatic rings. The Balaban J connectivity index is 2.16. The van der Waals surface area contributed by atoms with Gasteiger partial charge in [0.1, 0.15) is 5.82 Å². The summed E-state index contributed by atoms with van der Waals surface area (Å²) in [4.78, 5) is 12.0. The molecule has 0 aliphatic heterocycles. The number of carbonyl (C=O) groups excluding carboxylic acids is 1. The summed E-state index contributed by atoms with van der Waals surface area (Å²) in [6.45, 7) is 1.61. The van der Waals surface area contributed by atoms with Gasteiger partial charge in [0.2, 0.25) is 0 Å². The van der Waals surface area contributed by atoms with Gasteiger partial charge < -0.3 is 15.7 Å². The standard InChI is InChI=1S/C17H17F3N2O2/c1-10-12(17(24)21-5-6-23)3-2-4-16(10)22-9-11-7-14(19)15(20)8-13(11)18/h2-4,7-8,22-23H,5-6,9H2,1H3,(H,21,24). The van der Waals surface area contributed by atoms with Gasteiger partial charge in [0.15, 0.2) is 11.6 Å². The number of aliphatic hydroxyl groups is 1. The molecule has 4 nitrogen and oxygen atoms in total. The summed E-state index contributed by atoms with van der Waals surface area (Å²) in [6.07, 6.45) is 0. The third-order valence-corrected chi connectivity index (χ3v) is 3.53. The highest BCUT2D eigenvalue weighted by Gasteiger charge is 2.13. The molecular formula is C17H17F3N2O2. The van der Waals surface area contributed by atoms with Gasteiger partial charge in [-0.15, -0.1) is 0 Å². The number of amides is 1. The molecule has 0 fully saturated rings. The lowest BCUT2D eigenvalue weighted by Crippen LogP contribution is -2.27.